The zero-order valence-electron chi connectivity index (χ0n) is 12.8. The number of rotatable bonds is 4. The molecule has 0 fully saturated rings. The lowest BCUT2D eigenvalue weighted by Gasteiger charge is -2.20. The number of benzene rings is 1. The Balaban J connectivity index is 2.36. The van der Waals surface area contributed by atoms with E-state index in [0.29, 0.717) is 0 Å². The molecule has 0 saturated carbocycles. The van der Waals surface area contributed by atoms with Crippen LogP contribution >= 0.6 is 31.9 Å². The van der Waals surface area contributed by atoms with Crippen LogP contribution in [0.15, 0.2) is 33.3 Å². The first kappa shape index (κ1) is 16.7. The van der Waals surface area contributed by atoms with Gasteiger partial charge in [-0.3, -0.25) is 4.98 Å². The zero-order valence-corrected chi connectivity index (χ0v) is 16.0. The van der Waals surface area contributed by atoms with Crippen LogP contribution in [0, 0.1) is 20.8 Å². The van der Waals surface area contributed by atoms with Gasteiger partial charge in [-0.05, 0) is 88.9 Å². The highest BCUT2D eigenvalue weighted by molar-refractivity contribution is 9.11. The van der Waals surface area contributed by atoms with Crippen molar-refractivity contribution in [2.24, 2.45) is 0 Å². The SMILES string of the molecule is CNC(Cc1c(C)cc(C)cc1C)c1ncc(Br)cc1Br. The number of hydrogen-bond acceptors (Lipinski definition) is 2. The molecule has 1 aromatic heterocycles. The summed E-state index contributed by atoms with van der Waals surface area (Å²) in [6, 6.07) is 6.73. The van der Waals surface area contributed by atoms with E-state index in [0.717, 1.165) is 21.1 Å². The van der Waals surface area contributed by atoms with E-state index in [-0.39, 0.29) is 6.04 Å². The third-order valence-corrected chi connectivity index (χ3v) is 4.83. The van der Waals surface area contributed by atoms with Crippen molar-refractivity contribution in [2.45, 2.75) is 33.2 Å². The fourth-order valence-electron chi connectivity index (χ4n) is 2.75. The summed E-state index contributed by atoms with van der Waals surface area (Å²) >= 11 is 7.07. The minimum absolute atomic E-state index is 0.188. The quantitative estimate of drug-likeness (QED) is 0.762. The summed E-state index contributed by atoms with van der Waals surface area (Å²) in [5, 5.41) is 3.39. The normalized spacial score (nSPS) is 12.5. The lowest BCUT2D eigenvalue weighted by atomic mass is 9.93. The van der Waals surface area contributed by atoms with Gasteiger partial charge in [0.05, 0.1) is 11.7 Å². The van der Waals surface area contributed by atoms with Gasteiger partial charge in [0.15, 0.2) is 0 Å². The summed E-state index contributed by atoms with van der Waals surface area (Å²) in [6.07, 6.45) is 2.78. The first-order valence-corrected chi connectivity index (χ1v) is 8.56. The number of nitrogens with one attached hydrogen (secondary N) is 1. The average Bonchev–Trinajstić information content (AvgIpc) is 2.39. The second-order valence-corrected chi connectivity index (χ2v) is 7.21. The summed E-state index contributed by atoms with van der Waals surface area (Å²) in [6.45, 7) is 6.52. The molecule has 0 radical (unpaired) electrons. The minimum atomic E-state index is 0.188. The van der Waals surface area contributed by atoms with E-state index < -0.39 is 0 Å². The highest BCUT2D eigenvalue weighted by Crippen LogP contribution is 2.28. The maximum atomic E-state index is 4.57. The van der Waals surface area contributed by atoms with Crippen molar-refractivity contribution in [3.05, 3.63) is 61.3 Å². The summed E-state index contributed by atoms with van der Waals surface area (Å²) in [4.78, 5) is 4.57. The Hall–Kier alpha value is -0.710. The number of aromatic nitrogens is 1. The monoisotopic (exact) mass is 410 g/mol. The zero-order chi connectivity index (χ0) is 15.6. The Morgan fingerprint density at radius 2 is 1.71 bits per heavy atom. The van der Waals surface area contributed by atoms with Crippen molar-refractivity contribution >= 4 is 31.9 Å². The molecule has 1 atom stereocenters. The van der Waals surface area contributed by atoms with Gasteiger partial charge < -0.3 is 5.32 Å². The molecule has 0 aliphatic rings. The molecule has 0 spiro atoms. The number of aryl methyl sites for hydroxylation is 3. The van der Waals surface area contributed by atoms with E-state index in [2.05, 4.69) is 75.1 Å². The Labute approximate surface area is 143 Å². The van der Waals surface area contributed by atoms with Crippen LogP contribution in [0.1, 0.15) is 34.0 Å². The summed E-state index contributed by atoms with van der Waals surface area (Å²) in [7, 11) is 1.99. The molecule has 1 unspecified atom stereocenters. The molecule has 2 nitrogen and oxygen atoms in total. The minimum Gasteiger partial charge on any atom is -0.311 e. The molecule has 0 bridgehead atoms. The Morgan fingerprint density at radius 1 is 1.10 bits per heavy atom. The number of hydrogen-bond donors (Lipinski definition) is 1. The Bertz CT molecular complexity index is 630. The van der Waals surface area contributed by atoms with E-state index in [1.165, 1.54) is 22.3 Å². The molecule has 2 aromatic rings. The number of pyridine rings is 1. The molecule has 1 heterocycles. The maximum absolute atomic E-state index is 4.57. The van der Waals surface area contributed by atoms with Gasteiger partial charge in [-0.2, -0.15) is 0 Å². The molecule has 0 saturated heterocycles. The maximum Gasteiger partial charge on any atom is 0.0719 e. The average molecular weight is 412 g/mol. The summed E-state index contributed by atoms with van der Waals surface area (Å²) < 4.78 is 2.01. The van der Waals surface area contributed by atoms with Crippen molar-refractivity contribution < 1.29 is 0 Å². The van der Waals surface area contributed by atoms with Crippen LogP contribution in [0.3, 0.4) is 0 Å². The third kappa shape index (κ3) is 3.93. The molecule has 112 valence electrons. The van der Waals surface area contributed by atoms with Gasteiger partial charge in [-0.15, -0.1) is 0 Å². The molecule has 0 amide bonds. The first-order valence-electron chi connectivity index (χ1n) is 6.97. The van der Waals surface area contributed by atoms with Crippen molar-refractivity contribution in [1.82, 2.24) is 10.3 Å². The van der Waals surface area contributed by atoms with Crippen molar-refractivity contribution in [3.63, 3.8) is 0 Å². The predicted molar refractivity (Wildman–Crippen MR) is 95.8 cm³/mol. The molecule has 4 heteroatoms. The molecule has 2 rings (SSSR count). The molecular weight excluding hydrogens is 392 g/mol. The fraction of sp³-hybridized carbons (Fsp3) is 0.353. The molecule has 1 N–H and O–H groups in total. The first-order chi connectivity index (χ1) is 9.92. The molecule has 0 aliphatic heterocycles. The molecule has 1 aromatic carbocycles. The molecule has 21 heavy (non-hydrogen) atoms. The molecule has 0 aliphatic carbocycles. The third-order valence-electron chi connectivity index (χ3n) is 3.76. The van der Waals surface area contributed by atoms with Gasteiger partial charge >= 0.3 is 0 Å². The Kier molecular flexibility index (Phi) is 5.58. The van der Waals surface area contributed by atoms with Crippen LogP contribution < -0.4 is 5.32 Å². The van der Waals surface area contributed by atoms with Gasteiger partial charge in [-0.25, -0.2) is 0 Å². The predicted octanol–water partition coefficient (Wildman–Crippen LogP) is 5.04. The number of halogens is 2. The second-order valence-electron chi connectivity index (χ2n) is 5.44. The van der Waals surface area contributed by atoms with Crippen LogP contribution in [-0.2, 0) is 6.42 Å². The van der Waals surface area contributed by atoms with E-state index in [9.17, 15) is 0 Å². The van der Waals surface area contributed by atoms with Crippen molar-refractivity contribution in [2.75, 3.05) is 7.05 Å². The van der Waals surface area contributed by atoms with Gasteiger partial charge in [-0.1, -0.05) is 17.7 Å². The topological polar surface area (TPSA) is 24.9 Å². The van der Waals surface area contributed by atoms with Crippen LogP contribution in [-0.4, -0.2) is 12.0 Å². The van der Waals surface area contributed by atoms with Crippen LogP contribution in [0.5, 0.6) is 0 Å². The lowest BCUT2D eigenvalue weighted by Crippen LogP contribution is -2.21. The van der Waals surface area contributed by atoms with E-state index >= 15 is 0 Å². The standard InChI is InChI=1S/C17H20Br2N2/c1-10-5-11(2)14(12(3)6-10)8-16(20-4)17-15(19)7-13(18)9-21-17/h5-7,9,16,20H,8H2,1-4H3. The second kappa shape index (κ2) is 7.03. The van der Waals surface area contributed by atoms with E-state index in [1.807, 2.05) is 19.3 Å². The number of likely N-dealkylation sites (N-methyl/N-ethyl adjacent to an activating group) is 1. The largest absolute Gasteiger partial charge is 0.311 e. The highest BCUT2D eigenvalue weighted by Gasteiger charge is 2.17. The van der Waals surface area contributed by atoms with Crippen LogP contribution in [0.4, 0.5) is 0 Å². The van der Waals surface area contributed by atoms with Gasteiger partial charge in [0.25, 0.3) is 0 Å². The van der Waals surface area contributed by atoms with Gasteiger partial charge in [0.2, 0.25) is 0 Å². The van der Waals surface area contributed by atoms with Crippen LogP contribution in [0.25, 0.3) is 0 Å². The number of nitrogens with zero attached hydrogens (tertiary/aromatic N) is 1. The lowest BCUT2D eigenvalue weighted by molar-refractivity contribution is 0.570. The van der Waals surface area contributed by atoms with Gasteiger partial charge in [0.1, 0.15) is 0 Å². The van der Waals surface area contributed by atoms with E-state index in [4.69, 9.17) is 0 Å². The van der Waals surface area contributed by atoms with Crippen molar-refractivity contribution in [3.8, 4) is 0 Å². The highest BCUT2D eigenvalue weighted by atomic mass is 79.9. The smallest absolute Gasteiger partial charge is 0.0719 e. The fourth-order valence-corrected chi connectivity index (χ4v) is 4.02. The summed E-state index contributed by atoms with van der Waals surface area (Å²) in [5.74, 6) is 0. The summed E-state index contributed by atoms with van der Waals surface area (Å²) in [5.41, 5.74) is 6.45. The van der Waals surface area contributed by atoms with E-state index in [1.54, 1.807) is 0 Å². The van der Waals surface area contributed by atoms with Gasteiger partial charge in [0, 0.05) is 15.1 Å². The Morgan fingerprint density at radius 3 is 2.24 bits per heavy atom. The molecular formula is C17H20Br2N2. The van der Waals surface area contributed by atoms with Crippen LogP contribution in [0.2, 0.25) is 0 Å². The van der Waals surface area contributed by atoms with Crippen molar-refractivity contribution in [1.29, 1.82) is 0 Å².